The number of hydrogen-bond acceptors (Lipinski definition) is 5. The van der Waals surface area contributed by atoms with Crippen LogP contribution >= 0.6 is 11.6 Å². The number of benzene rings is 2. The number of aliphatic hydroxyl groups excluding tert-OH is 2. The summed E-state index contributed by atoms with van der Waals surface area (Å²) in [7, 11) is 1.54. The van der Waals surface area contributed by atoms with Gasteiger partial charge < -0.3 is 19.8 Å². The third-order valence-corrected chi connectivity index (χ3v) is 4.90. The Labute approximate surface area is 167 Å². The van der Waals surface area contributed by atoms with Crippen molar-refractivity contribution in [2.24, 2.45) is 0 Å². The van der Waals surface area contributed by atoms with Crippen molar-refractivity contribution in [2.45, 2.75) is 12.5 Å². The average Bonchev–Trinajstić information content (AvgIpc) is 2.97. The Morgan fingerprint density at radius 1 is 1.11 bits per heavy atom. The highest BCUT2D eigenvalue weighted by atomic mass is 35.5. The Bertz CT molecular complexity index is 905. The number of halogens is 1. The van der Waals surface area contributed by atoms with Gasteiger partial charge in [-0.2, -0.15) is 0 Å². The molecule has 28 heavy (non-hydrogen) atoms. The van der Waals surface area contributed by atoms with Gasteiger partial charge in [0.2, 0.25) is 0 Å². The smallest absolute Gasteiger partial charge is 0.295 e. The molecule has 6 nitrogen and oxygen atoms in total. The number of amides is 1. The maximum atomic E-state index is 12.7. The highest BCUT2D eigenvalue weighted by Crippen LogP contribution is 2.39. The lowest BCUT2D eigenvalue weighted by molar-refractivity contribution is -0.140. The molecule has 1 amide bonds. The summed E-state index contributed by atoms with van der Waals surface area (Å²) in [5.41, 5.74) is 1.06. The largest absolute Gasteiger partial charge is 0.507 e. The number of nitrogens with zero attached hydrogens (tertiary/aromatic N) is 1. The van der Waals surface area contributed by atoms with E-state index in [1.165, 1.54) is 4.90 Å². The van der Waals surface area contributed by atoms with E-state index in [9.17, 15) is 14.7 Å². The van der Waals surface area contributed by atoms with Crippen molar-refractivity contribution in [1.29, 1.82) is 0 Å². The second-order valence-electron chi connectivity index (χ2n) is 6.35. The molecule has 2 aromatic carbocycles. The van der Waals surface area contributed by atoms with Gasteiger partial charge >= 0.3 is 0 Å². The van der Waals surface area contributed by atoms with E-state index >= 15 is 0 Å². The number of ether oxygens (including phenoxy) is 1. The highest BCUT2D eigenvalue weighted by molar-refractivity contribution is 6.46. The molecule has 3 rings (SSSR count). The first-order valence-corrected chi connectivity index (χ1v) is 9.15. The van der Waals surface area contributed by atoms with Crippen molar-refractivity contribution in [3.05, 3.63) is 70.3 Å². The summed E-state index contributed by atoms with van der Waals surface area (Å²) in [6, 6.07) is 12.6. The van der Waals surface area contributed by atoms with Crippen LogP contribution in [0.25, 0.3) is 5.76 Å². The van der Waals surface area contributed by atoms with E-state index in [2.05, 4.69) is 0 Å². The zero-order valence-electron chi connectivity index (χ0n) is 15.3. The number of methoxy groups -OCH3 is 1. The van der Waals surface area contributed by atoms with Gasteiger partial charge in [-0.15, -0.1) is 0 Å². The molecule has 2 N–H and O–H groups in total. The second kappa shape index (κ2) is 8.46. The van der Waals surface area contributed by atoms with E-state index in [4.69, 9.17) is 21.4 Å². The predicted molar refractivity (Wildman–Crippen MR) is 105 cm³/mol. The Balaban J connectivity index is 2.13. The Hall–Kier alpha value is -2.83. The molecule has 1 atom stereocenters. The molecule has 0 unspecified atom stereocenters. The minimum absolute atomic E-state index is 0.00966. The van der Waals surface area contributed by atoms with Gasteiger partial charge in [-0.3, -0.25) is 9.59 Å². The lowest BCUT2D eigenvalue weighted by Gasteiger charge is -2.25. The third kappa shape index (κ3) is 3.74. The molecule has 0 radical (unpaired) electrons. The van der Waals surface area contributed by atoms with Gasteiger partial charge in [0.25, 0.3) is 11.7 Å². The van der Waals surface area contributed by atoms with Crippen LogP contribution in [0, 0.1) is 0 Å². The van der Waals surface area contributed by atoms with Crippen LogP contribution in [0.15, 0.2) is 54.1 Å². The number of ketones is 1. The van der Waals surface area contributed by atoms with Gasteiger partial charge in [0.1, 0.15) is 11.5 Å². The fourth-order valence-corrected chi connectivity index (χ4v) is 3.37. The SMILES string of the molecule is COc1ccc([C@@H]2C(=C(O)c3ccc(Cl)cc3)C(=O)C(=O)N2CCCO)cc1. The maximum Gasteiger partial charge on any atom is 0.295 e. The van der Waals surface area contributed by atoms with Gasteiger partial charge in [0, 0.05) is 23.7 Å². The van der Waals surface area contributed by atoms with Crippen LogP contribution in [-0.2, 0) is 9.59 Å². The fraction of sp³-hybridized carbons (Fsp3) is 0.238. The molecule has 2 aromatic rings. The van der Waals surface area contributed by atoms with Gasteiger partial charge in [-0.05, 0) is 48.4 Å². The molecular weight excluding hydrogens is 382 g/mol. The third-order valence-electron chi connectivity index (χ3n) is 4.65. The van der Waals surface area contributed by atoms with E-state index < -0.39 is 17.7 Å². The summed E-state index contributed by atoms with van der Waals surface area (Å²) in [5.74, 6) is -1.09. The van der Waals surface area contributed by atoms with Crippen molar-refractivity contribution >= 4 is 29.1 Å². The minimum atomic E-state index is -0.758. The normalized spacial score (nSPS) is 18.5. The highest BCUT2D eigenvalue weighted by Gasteiger charge is 2.45. The van der Waals surface area contributed by atoms with Crippen LogP contribution in [0.2, 0.25) is 5.02 Å². The number of hydrogen-bond donors (Lipinski definition) is 2. The van der Waals surface area contributed by atoms with E-state index in [-0.39, 0.29) is 24.5 Å². The maximum absolute atomic E-state index is 12.7. The van der Waals surface area contributed by atoms with Crippen LogP contribution in [0.5, 0.6) is 5.75 Å². The van der Waals surface area contributed by atoms with E-state index in [1.54, 1.807) is 55.6 Å². The van der Waals surface area contributed by atoms with E-state index in [1.807, 2.05) is 0 Å². The molecule has 0 bridgehead atoms. The van der Waals surface area contributed by atoms with E-state index in [0.29, 0.717) is 28.3 Å². The Morgan fingerprint density at radius 3 is 2.32 bits per heavy atom. The molecule has 7 heteroatoms. The van der Waals surface area contributed by atoms with Gasteiger partial charge in [0.15, 0.2) is 0 Å². The number of Topliss-reactive ketones (excluding diaryl/α,β-unsaturated/α-hetero) is 1. The first-order chi connectivity index (χ1) is 13.5. The molecule has 0 aliphatic carbocycles. The summed E-state index contributed by atoms with van der Waals surface area (Å²) in [4.78, 5) is 26.7. The van der Waals surface area contributed by atoms with Crippen LogP contribution in [-0.4, -0.2) is 47.1 Å². The quantitative estimate of drug-likeness (QED) is 0.441. The van der Waals surface area contributed by atoms with Gasteiger partial charge in [-0.25, -0.2) is 0 Å². The van der Waals surface area contributed by atoms with Crippen molar-refractivity contribution in [3.63, 3.8) is 0 Å². The van der Waals surface area contributed by atoms with Crippen LogP contribution < -0.4 is 4.74 Å². The number of carbonyl (C=O) groups excluding carboxylic acids is 2. The number of likely N-dealkylation sites (tertiary alicyclic amines) is 1. The molecule has 0 saturated carbocycles. The Kier molecular flexibility index (Phi) is 6.02. The lowest BCUT2D eigenvalue weighted by Crippen LogP contribution is -2.31. The summed E-state index contributed by atoms with van der Waals surface area (Å²) >= 11 is 5.90. The summed E-state index contributed by atoms with van der Waals surface area (Å²) in [6.45, 7) is 0.0741. The molecule has 1 heterocycles. The van der Waals surface area contributed by atoms with Gasteiger partial charge in [-0.1, -0.05) is 23.7 Å². The first kappa shape index (κ1) is 19.9. The van der Waals surface area contributed by atoms with Crippen molar-refractivity contribution in [1.82, 2.24) is 4.90 Å². The topological polar surface area (TPSA) is 87.1 Å². The number of aliphatic hydroxyl groups is 2. The molecule has 0 aromatic heterocycles. The predicted octanol–water partition coefficient (Wildman–Crippen LogP) is 3.15. The standard InChI is InChI=1S/C21H20ClNO5/c1-28-16-9-5-13(6-10-16)18-17(19(25)14-3-7-15(22)8-4-14)20(26)21(27)23(18)11-2-12-24/h3-10,18,24-25H,2,11-12H2,1H3/t18-/m1/s1. The first-order valence-electron chi connectivity index (χ1n) is 8.77. The molecular formula is C21H20ClNO5. The zero-order valence-corrected chi connectivity index (χ0v) is 16.0. The summed E-state index contributed by atoms with van der Waals surface area (Å²) in [5, 5.41) is 20.5. The molecule has 146 valence electrons. The summed E-state index contributed by atoms with van der Waals surface area (Å²) < 4.78 is 5.17. The molecule has 1 aliphatic rings. The summed E-state index contributed by atoms with van der Waals surface area (Å²) in [6.07, 6.45) is 0.320. The number of carbonyl (C=O) groups is 2. The van der Waals surface area contributed by atoms with Crippen molar-refractivity contribution in [2.75, 3.05) is 20.3 Å². The lowest BCUT2D eigenvalue weighted by atomic mass is 9.95. The van der Waals surface area contributed by atoms with Crippen LogP contribution in [0.3, 0.4) is 0 Å². The fourth-order valence-electron chi connectivity index (χ4n) is 3.25. The van der Waals surface area contributed by atoms with Crippen molar-refractivity contribution in [3.8, 4) is 5.75 Å². The molecule has 1 saturated heterocycles. The molecule has 1 aliphatic heterocycles. The number of rotatable bonds is 6. The van der Waals surface area contributed by atoms with Gasteiger partial charge in [0.05, 0.1) is 18.7 Å². The molecule has 0 spiro atoms. The Morgan fingerprint density at radius 2 is 1.75 bits per heavy atom. The van der Waals surface area contributed by atoms with Crippen molar-refractivity contribution < 1.29 is 24.5 Å². The average molecular weight is 402 g/mol. The second-order valence-corrected chi connectivity index (χ2v) is 6.79. The zero-order chi connectivity index (χ0) is 20.3. The van der Waals surface area contributed by atoms with Crippen LogP contribution in [0.1, 0.15) is 23.6 Å². The van der Waals surface area contributed by atoms with Crippen LogP contribution in [0.4, 0.5) is 0 Å². The monoisotopic (exact) mass is 401 g/mol. The minimum Gasteiger partial charge on any atom is -0.507 e. The molecule has 1 fully saturated rings. The van der Waals surface area contributed by atoms with E-state index in [0.717, 1.165) is 0 Å².